The molecule has 0 aromatic heterocycles. The first kappa shape index (κ1) is 17.8. The van der Waals surface area contributed by atoms with Gasteiger partial charge in [-0.15, -0.1) is 0 Å². The largest absolute Gasteiger partial charge is 0.444 e. The van der Waals surface area contributed by atoms with Crippen molar-refractivity contribution < 1.29 is 9.53 Å². The maximum absolute atomic E-state index is 11.7. The topological polar surface area (TPSA) is 38.3 Å². The smallest absolute Gasteiger partial charge is 0.407 e. The molecule has 1 amide bonds. The van der Waals surface area contributed by atoms with Gasteiger partial charge < -0.3 is 10.1 Å². The zero-order chi connectivity index (χ0) is 18.0. The first-order valence-electron chi connectivity index (χ1n) is 8.64. The first-order valence-corrected chi connectivity index (χ1v) is 9.02. The summed E-state index contributed by atoms with van der Waals surface area (Å²) in [6, 6.07) is 16.5. The standard InChI is InChI=1S/C21H24ClNO2/c1-21(2,3)25-20(24)23-13-17-12-19(17)16-6-4-14(5-7-16)15-8-10-18(22)11-9-15/h4-11,17,19H,12-13H2,1-3H3,(H,23,24). The third-order valence-corrected chi connectivity index (χ3v) is 4.60. The minimum Gasteiger partial charge on any atom is -0.444 e. The molecule has 25 heavy (non-hydrogen) atoms. The number of hydrogen-bond acceptors (Lipinski definition) is 2. The van der Waals surface area contributed by atoms with Crippen LogP contribution in [0.2, 0.25) is 5.02 Å². The molecule has 2 aromatic carbocycles. The molecule has 3 rings (SSSR count). The van der Waals surface area contributed by atoms with Crippen LogP contribution < -0.4 is 5.32 Å². The van der Waals surface area contributed by atoms with Crippen LogP contribution in [0.5, 0.6) is 0 Å². The van der Waals surface area contributed by atoms with Gasteiger partial charge in [-0.3, -0.25) is 0 Å². The van der Waals surface area contributed by atoms with Gasteiger partial charge in [-0.2, -0.15) is 0 Å². The van der Waals surface area contributed by atoms with E-state index in [9.17, 15) is 4.79 Å². The summed E-state index contributed by atoms with van der Waals surface area (Å²) in [5.41, 5.74) is 3.22. The third-order valence-electron chi connectivity index (χ3n) is 4.35. The minimum absolute atomic E-state index is 0.337. The highest BCUT2D eigenvalue weighted by Crippen LogP contribution is 2.47. The highest BCUT2D eigenvalue weighted by molar-refractivity contribution is 6.30. The highest BCUT2D eigenvalue weighted by atomic mass is 35.5. The Hall–Kier alpha value is -2.00. The van der Waals surface area contributed by atoms with Crippen molar-refractivity contribution in [2.45, 2.75) is 38.7 Å². The molecule has 0 spiro atoms. The van der Waals surface area contributed by atoms with Gasteiger partial charge >= 0.3 is 6.09 Å². The van der Waals surface area contributed by atoms with Crippen molar-refractivity contribution in [3.63, 3.8) is 0 Å². The second-order valence-electron chi connectivity index (χ2n) is 7.61. The number of hydrogen-bond donors (Lipinski definition) is 1. The van der Waals surface area contributed by atoms with Crippen LogP contribution in [0.1, 0.15) is 38.7 Å². The van der Waals surface area contributed by atoms with Gasteiger partial charge in [0.1, 0.15) is 5.60 Å². The van der Waals surface area contributed by atoms with E-state index in [1.54, 1.807) is 0 Å². The second-order valence-corrected chi connectivity index (χ2v) is 8.05. The molecule has 0 bridgehead atoms. The van der Waals surface area contributed by atoms with E-state index in [1.807, 2.05) is 45.0 Å². The van der Waals surface area contributed by atoms with Crippen molar-refractivity contribution in [1.29, 1.82) is 0 Å². The van der Waals surface area contributed by atoms with Crippen LogP contribution in [0.3, 0.4) is 0 Å². The molecule has 1 N–H and O–H groups in total. The Morgan fingerprint density at radius 1 is 1.08 bits per heavy atom. The van der Waals surface area contributed by atoms with E-state index in [4.69, 9.17) is 16.3 Å². The van der Waals surface area contributed by atoms with Crippen molar-refractivity contribution in [2.75, 3.05) is 6.54 Å². The fourth-order valence-corrected chi connectivity index (χ4v) is 3.10. The lowest BCUT2D eigenvalue weighted by atomic mass is 10.0. The zero-order valence-electron chi connectivity index (χ0n) is 14.9. The van der Waals surface area contributed by atoms with E-state index < -0.39 is 5.60 Å². The molecule has 2 unspecified atom stereocenters. The summed E-state index contributed by atoms with van der Waals surface area (Å²) in [6.07, 6.45) is 0.770. The second kappa shape index (κ2) is 7.09. The van der Waals surface area contributed by atoms with Crippen molar-refractivity contribution >= 4 is 17.7 Å². The lowest BCUT2D eigenvalue weighted by Gasteiger charge is -2.19. The van der Waals surface area contributed by atoms with Crippen molar-refractivity contribution in [3.8, 4) is 11.1 Å². The van der Waals surface area contributed by atoms with Crippen molar-refractivity contribution in [1.82, 2.24) is 5.32 Å². The van der Waals surface area contributed by atoms with Crippen LogP contribution in [0.15, 0.2) is 48.5 Å². The summed E-state index contributed by atoms with van der Waals surface area (Å²) in [7, 11) is 0. The molecule has 1 aliphatic carbocycles. The number of rotatable bonds is 4. The number of halogens is 1. The molecule has 2 atom stereocenters. The average Bonchev–Trinajstić information content (AvgIpc) is 3.32. The van der Waals surface area contributed by atoms with Crippen LogP contribution in [0.4, 0.5) is 4.79 Å². The van der Waals surface area contributed by atoms with Crippen LogP contribution in [0, 0.1) is 5.92 Å². The Bertz CT molecular complexity index is 732. The van der Waals surface area contributed by atoms with E-state index in [-0.39, 0.29) is 6.09 Å². The summed E-state index contributed by atoms with van der Waals surface area (Å²) < 4.78 is 5.27. The lowest BCUT2D eigenvalue weighted by molar-refractivity contribution is 0.0525. The Labute approximate surface area is 154 Å². The van der Waals surface area contributed by atoms with Gasteiger partial charge in [0.2, 0.25) is 0 Å². The Morgan fingerprint density at radius 2 is 1.64 bits per heavy atom. The van der Waals surface area contributed by atoms with E-state index in [0.29, 0.717) is 18.4 Å². The molecule has 132 valence electrons. The monoisotopic (exact) mass is 357 g/mol. The molecule has 4 heteroatoms. The van der Waals surface area contributed by atoms with Gasteiger partial charge in [-0.1, -0.05) is 48.0 Å². The Morgan fingerprint density at radius 3 is 2.20 bits per heavy atom. The van der Waals surface area contributed by atoms with E-state index in [2.05, 4.69) is 29.6 Å². The average molecular weight is 358 g/mol. The van der Waals surface area contributed by atoms with Gasteiger partial charge in [-0.25, -0.2) is 4.79 Å². The number of amides is 1. The van der Waals surface area contributed by atoms with Crippen molar-refractivity contribution in [3.05, 3.63) is 59.1 Å². The molecule has 1 fully saturated rings. The number of carbonyl (C=O) groups excluding carboxylic acids is 1. The fourth-order valence-electron chi connectivity index (χ4n) is 2.98. The maximum atomic E-state index is 11.7. The predicted octanol–water partition coefficient (Wildman–Crippen LogP) is 5.64. The maximum Gasteiger partial charge on any atom is 0.407 e. The summed E-state index contributed by atoms with van der Waals surface area (Å²) in [4.78, 5) is 11.7. The van der Waals surface area contributed by atoms with Gasteiger partial charge in [0.25, 0.3) is 0 Å². The van der Waals surface area contributed by atoms with Crippen molar-refractivity contribution in [2.24, 2.45) is 5.92 Å². The van der Waals surface area contributed by atoms with Gasteiger partial charge in [0.05, 0.1) is 0 Å². The minimum atomic E-state index is -0.454. The van der Waals surface area contributed by atoms with Gasteiger partial charge in [-0.05, 0) is 67.9 Å². The Balaban J connectivity index is 1.52. The molecule has 3 nitrogen and oxygen atoms in total. The number of nitrogens with one attached hydrogen (secondary N) is 1. The molecule has 1 saturated carbocycles. The quantitative estimate of drug-likeness (QED) is 0.769. The summed E-state index contributed by atoms with van der Waals surface area (Å²) >= 11 is 5.94. The molecule has 0 radical (unpaired) electrons. The molecule has 0 aliphatic heterocycles. The van der Waals surface area contributed by atoms with Crippen LogP contribution >= 0.6 is 11.6 Å². The highest BCUT2D eigenvalue weighted by Gasteiger charge is 2.38. The summed E-state index contributed by atoms with van der Waals surface area (Å²) in [5.74, 6) is 1.02. The van der Waals surface area contributed by atoms with E-state index in [0.717, 1.165) is 17.0 Å². The zero-order valence-corrected chi connectivity index (χ0v) is 15.6. The third kappa shape index (κ3) is 4.99. The van der Waals surface area contributed by atoms with Crippen LogP contribution in [-0.4, -0.2) is 18.2 Å². The molecule has 2 aromatic rings. The molecule has 0 heterocycles. The first-order chi connectivity index (χ1) is 11.8. The number of alkyl carbamates (subject to hydrolysis) is 1. The normalized spacial score (nSPS) is 19.4. The number of carbonyl (C=O) groups is 1. The SMILES string of the molecule is CC(C)(C)OC(=O)NCC1CC1c1ccc(-c2ccc(Cl)cc2)cc1. The van der Waals surface area contributed by atoms with E-state index in [1.165, 1.54) is 11.1 Å². The summed E-state index contributed by atoms with van der Waals surface area (Å²) in [5, 5.41) is 3.62. The number of ether oxygens (including phenoxy) is 1. The van der Waals surface area contributed by atoms with E-state index >= 15 is 0 Å². The molecular formula is C21H24ClNO2. The lowest BCUT2D eigenvalue weighted by Crippen LogP contribution is -2.33. The fraction of sp³-hybridized carbons (Fsp3) is 0.381. The predicted molar refractivity (Wildman–Crippen MR) is 102 cm³/mol. The van der Waals surface area contributed by atoms with Gasteiger partial charge in [0.15, 0.2) is 0 Å². The number of benzene rings is 2. The molecule has 1 aliphatic rings. The van der Waals surface area contributed by atoms with Crippen LogP contribution in [-0.2, 0) is 4.74 Å². The Kier molecular flexibility index (Phi) is 5.05. The molecule has 0 saturated heterocycles. The van der Waals surface area contributed by atoms with Crippen LogP contribution in [0.25, 0.3) is 11.1 Å². The van der Waals surface area contributed by atoms with Gasteiger partial charge in [0, 0.05) is 11.6 Å². The summed E-state index contributed by atoms with van der Waals surface area (Å²) in [6.45, 7) is 6.27. The molecular weight excluding hydrogens is 334 g/mol.